The smallest absolute Gasteiger partial charge is 0.272 e. The van der Waals surface area contributed by atoms with Gasteiger partial charge in [-0.15, -0.1) is 24.8 Å². The van der Waals surface area contributed by atoms with Gasteiger partial charge in [-0.05, 0) is 50.8 Å². The summed E-state index contributed by atoms with van der Waals surface area (Å²) >= 11 is 0. The molecule has 0 bridgehead atoms. The molecule has 1 fully saturated rings. The van der Waals surface area contributed by atoms with Crippen molar-refractivity contribution < 1.29 is 4.79 Å². The average molecular weight is 320 g/mol. The number of carbonyl (C=O) groups is 1. The first-order valence-corrected chi connectivity index (χ1v) is 6.63. The molecule has 1 amide bonds. The van der Waals surface area contributed by atoms with E-state index >= 15 is 0 Å². The van der Waals surface area contributed by atoms with Gasteiger partial charge in [-0.25, -0.2) is 4.98 Å². The predicted molar refractivity (Wildman–Crippen MR) is 85.8 cm³/mol. The molecular formula is C14H23Cl2N3O. The number of hydrogen-bond acceptors (Lipinski definition) is 3. The highest BCUT2D eigenvalue weighted by molar-refractivity contribution is 5.92. The molecular weight excluding hydrogens is 297 g/mol. The monoisotopic (exact) mass is 319 g/mol. The molecule has 1 unspecified atom stereocenters. The molecule has 20 heavy (non-hydrogen) atoms. The fraction of sp³-hybridized carbons (Fsp3) is 0.571. The van der Waals surface area contributed by atoms with E-state index in [9.17, 15) is 4.79 Å². The van der Waals surface area contributed by atoms with Crippen molar-refractivity contribution in [1.29, 1.82) is 0 Å². The van der Waals surface area contributed by atoms with Gasteiger partial charge in [0.2, 0.25) is 0 Å². The van der Waals surface area contributed by atoms with Crippen molar-refractivity contribution in [2.24, 2.45) is 11.7 Å². The second-order valence-corrected chi connectivity index (χ2v) is 5.00. The lowest BCUT2D eigenvalue weighted by Gasteiger charge is -2.32. The highest BCUT2D eigenvalue weighted by Gasteiger charge is 2.24. The number of carbonyl (C=O) groups excluding carboxylic acids is 1. The van der Waals surface area contributed by atoms with Crippen molar-refractivity contribution in [2.45, 2.75) is 26.2 Å². The van der Waals surface area contributed by atoms with E-state index < -0.39 is 0 Å². The summed E-state index contributed by atoms with van der Waals surface area (Å²) in [5.41, 5.74) is 7.04. The van der Waals surface area contributed by atoms with Crippen LogP contribution in [-0.2, 0) is 0 Å². The van der Waals surface area contributed by atoms with Crippen LogP contribution in [0, 0.1) is 12.8 Å². The molecule has 0 aromatic carbocycles. The van der Waals surface area contributed by atoms with E-state index in [-0.39, 0.29) is 30.7 Å². The Morgan fingerprint density at radius 1 is 1.45 bits per heavy atom. The third-order valence-electron chi connectivity index (χ3n) is 3.49. The first kappa shape index (κ1) is 19.2. The lowest BCUT2D eigenvalue weighted by molar-refractivity contribution is 0.0663. The Bertz CT molecular complexity index is 427. The Kier molecular flexibility index (Phi) is 8.78. The number of halogens is 2. The molecule has 1 saturated heterocycles. The quantitative estimate of drug-likeness (QED) is 0.930. The zero-order valence-electron chi connectivity index (χ0n) is 11.7. The Morgan fingerprint density at radius 3 is 2.85 bits per heavy atom. The van der Waals surface area contributed by atoms with E-state index in [1.54, 1.807) is 6.07 Å². The molecule has 0 saturated carbocycles. The SMILES string of the molecule is Cc1cccc(C(=O)N2CCCC(CCN)C2)n1.Cl.Cl. The molecule has 2 N–H and O–H groups in total. The molecule has 114 valence electrons. The van der Waals surface area contributed by atoms with Crippen molar-refractivity contribution in [1.82, 2.24) is 9.88 Å². The first-order chi connectivity index (χ1) is 8.70. The van der Waals surface area contributed by atoms with Crippen molar-refractivity contribution in [2.75, 3.05) is 19.6 Å². The van der Waals surface area contributed by atoms with Gasteiger partial charge in [0.15, 0.2) is 0 Å². The number of aromatic nitrogens is 1. The second-order valence-electron chi connectivity index (χ2n) is 5.00. The standard InChI is InChI=1S/C14H21N3O.2ClH/c1-11-4-2-6-13(16-11)14(18)17-9-3-5-12(10-17)7-8-15;;/h2,4,6,12H,3,5,7-10,15H2,1H3;2*1H. The summed E-state index contributed by atoms with van der Waals surface area (Å²) in [5, 5.41) is 0. The summed E-state index contributed by atoms with van der Waals surface area (Å²) < 4.78 is 0. The first-order valence-electron chi connectivity index (χ1n) is 6.63. The Morgan fingerprint density at radius 2 is 2.20 bits per heavy atom. The van der Waals surface area contributed by atoms with Crippen LogP contribution in [0.15, 0.2) is 18.2 Å². The normalized spacial score (nSPS) is 17.9. The maximum Gasteiger partial charge on any atom is 0.272 e. The maximum absolute atomic E-state index is 12.3. The fourth-order valence-corrected chi connectivity index (χ4v) is 2.55. The topological polar surface area (TPSA) is 59.2 Å². The fourth-order valence-electron chi connectivity index (χ4n) is 2.55. The van der Waals surface area contributed by atoms with E-state index in [0.717, 1.165) is 31.6 Å². The van der Waals surface area contributed by atoms with E-state index in [2.05, 4.69) is 4.98 Å². The van der Waals surface area contributed by atoms with Crippen LogP contribution in [0.3, 0.4) is 0 Å². The van der Waals surface area contributed by atoms with Gasteiger partial charge < -0.3 is 10.6 Å². The molecule has 1 aliphatic rings. The third-order valence-corrected chi connectivity index (χ3v) is 3.49. The van der Waals surface area contributed by atoms with Crippen molar-refractivity contribution >= 4 is 30.7 Å². The number of rotatable bonds is 3. The maximum atomic E-state index is 12.3. The molecule has 2 heterocycles. The number of nitrogens with zero attached hydrogens (tertiary/aromatic N) is 2. The lowest BCUT2D eigenvalue weighted by atomic mass is 9.94. The molecule has 4 nitrogen and oxygen atoms in total. The van der Waals surface area contributed by atoms with Gasteiger partial charge >= 0.3 is 0 Å². The van der Waals surface area contributed by atoms with Crippen LogP contribution in [0.25, 0.3) is 0 Å². The van der Waals surface area contributed by atoms with Crippen LogP contribution in [0.1, 0.15) is 35.4 Å². The summed E-state index contributed by atoms with van der Waals surface area (Å²) in [5.74, 6) is 0.609. The Labute approximate surface area is 132 Å². The van der Waals surface area contributed by atoms with Gasteiger partial charge in [-0.3, -0.25) is 4.79 Å². The molecule has 2 rings (SSSR count). The summed E-state index contributed by atoms with van der Waals surface area (Å²) in [6, 6.07) is 5.59. The van der Waals surface area contributed by atoms with Crippen LogP contribution in [-0.4, -0.2) is 35.4 Å². The number of pyridine rings is 1. The predicted octanol–water partition coefficient (Wildman–Crippen LogP) is 2.43. The molecule has 1 atom stereocenters. The summed E-state index contributed by atoms with van der Waals surface area (Å²) in [6.07, 6.45) is 3.26. The van der Waals surface area contributed by atoms with Gasteiger partial charge in [0.25, 0.3) is 5.91 Å². The van der Waals surface area contributed by atoms with Crippen LogP contribution < -0.4 is 5.73 Å². The van der Waals surface area contributed by atoms with Gasteiger partial charge in [-0.1, -0.05) is 6.07 Å². The van der Waals surface area contributed by atoms with E-state index in [4.69, 9.17) is 5.73 Å². The molecule has 0 radical (unpaired) electrons. The van der Waals surface area contributed by atoms with Gasteiger partial charge in [-0.2, -0.15) is 0 Å². The number of likely N-dealkylation sites (tertiary alicyclic amines) is 1. The lowest BCUT2D eigenvalue weighted by Crippen LogP contribution is -2.40. The average Bonchev–Trinajstić information content (AvgIpc) is 2.39. The molecule has 0 aliphatic carbocycles. The number of aryl methyl sites for hydroxylation is 1. The largest absolute Gasteiger partial charge is 0.337 e. The summed E-state index contributed by atoms with van der Waals surface area (Å²) in [6.45, 7) is 4.28. The van der Waals surface area contributed by atoms with Crippen LogP contribution in [0.5, 0.6) is 0 Å². The van der Waals surface area contributed by atoms with Gasteiger partial charge in [0, 0.05) is 18.8 Å². The number of amides is 1. The van der Waals surface area contributed by atoms with Crippen molar-refractivity contribution in [3.63, 3.8) is 0 Å². The van der Waals surface area contributed by atoms with Gasteiger partial charge in [0.05, 0.1) is 0 Å². The zero-order chi connectivity index (χ0) is 13.0. The second kappa shape index (κ2) is 9.16. The van der Waals surface area contributed by atoms with E-state index in [1.165, 1.54) is 6.42 Å². The summed E-state index contributed by atoms with van der Waals surface area (Å²) in [7, 11) is 0. The highest BCUT2D eigenvalue weighted by atomic mass is 35.5. The third kappa shape index (κ3) is 4.93. The Hall–Kier alpha value is -0.840. The van der Waals surface area contributed by atoms with Crippen LogP contribution in [0.4, 0.5) is 0 Å². The molecule has 1 aromatic heterocycles. The number of nitrogens with two attached hydrogens (primary N) is 1. The minimum absolute atomic E-state index is 0. The van der Waals surface area contributed by atoms with Crippen molar-refractivity contribution in [3.8, 4) is 0 Å². The van der Waals surface area contributed by atoms with Crippen LogP contribution >= 0.6 is 24.8 Å². The Balaban J connectivity index is 0.00000180. The van der Waals surface area contributed by atoms with Crippen LogP contribution in [0.2, 0.25) is 0 Å². The van der Waals surface area contributed by atoms with Crippen molar-refractivity contribution in [3.05, 3.63) is 29.6 Å². The molecule has 0 spiro atoms. The molecule has 6 heteroatoms. The summed E-state index contributed by atoms with van der Waals surface area (Å²) in [4.78, 5) is 18.6. The van der Waals surface area contributed by atoms with E-state index in [0.29, 0.717) is 18.2 Å². The zero-order valence-corrected chi connectivity index (χ0v) is 13.4. The highest BCUT2D eigenvalue weighted by Crippen LogP contribution is 2.20. The number of piperidine rings is 1. The van der Waals surface area contributed by atoms with E-state index in [1.807, 2.05) is 24.0 Å². The van der Waals surface area contributed by atoms with Gasteiger partial charge in [0.1, 0.15) is 5.69 Å². The minimum Gasteiger partial charge on any atom is -0.337 e. The molecule has 1 aromatic rings. The number of hydrogen-bond donors (Lipinski definition) is 1. The minimum atomic E-state index is 0. The molecule has 1 aliphatic heterocycles.